The molecule has 0 radical (unpaired) electrons. The van der Waals surface area contributed by atoms with E-state index in [0.717, 1.165) is 12.8 Å². The van der Waals surface area contributed by atoms with E-state index in [4.69, 9.17) is 4.74 Å². The number of hydrogen-bond acceptors (Lipinski definition) is 2. The van der Waals surface area contributed by atoms with Crippen LogP contribution in [-0.2, 0) is 9.53 Å². The molecule has 2 rings (SSSR count). The van der Waals surface area contributed by atoms with E-state index < -0.39 is 0 Å². The molecule has 2 nitrogen and oxygen atoms in total. The highest BCUT2D eigenvalue weighted by Crippen LogP contribution is 2.47. The number of ketones is 1. The topological polar surface area (TPSA) is 29.6 Å². The summed E-state index contributed by atoms with van der Waals surface area (Å²) < 4.78 is 5.30. The van der Waals surface area contributed by atoms with Crippen molar-refractivity contribution in [3.63, 3.8) is 0 Å². The standard InChI is InChI=1S/C8H12O2/c1-5-3-6(9)7-8(2,4-5)10-7/h5,7H,3-4H2,1-2H3/t5-,7-,8+/m0/s1. The normalized spacial score (nSPS) is 52.4. The molecule has 1 heterocycles. The molecule has 1 aliphatic heterocycles. The molecule has 0 amide bonds. The molecule has 2 fully saturated rings. The fraction of sp³-hybridized carbons (Fsp3) is 0.875. The Morgan fingerprint density at radius 1 is 1.70 bits per heavy atom. The van der Waals surface area contributed by atoms with Crippen LogP contribution in [0.3, 0.4) is 0 Å². The van der Waals surface area contributed by atoms with Gasteiger partial charge in [0.25, 0.3) is 0 Å². The Bertz CT molecular complexity index is 188. The van der Waals surface area contributed by atoms with Crippen molar-refractivity contribution < 1.29 is 9.53 Å². The Balaban J connectivity index is 2.15. The summed E-state index contributed by atoms with van der Waals surface area (Å²) in [7, 11) is 0. The number of carbonyl (C=O) groups excluding carboxylic acids is 1. The summed E-state index contributed by atoms with van der Waals surface area (Å²) in [4.78, 5) is 11.1. The van der Waals surface area contributed by atoms with E-state index in [0.29, 0.717) is 11.7 Å². The molecule has 0 unspecified atom stereocenters. The molecule has 0 N–H and O–H groups in total. The van der Waals surface area contributed by atoms with Gasteiger partial charge in [0.2, 0.25) is 0 Å². The fourth-order valence-corrected chi connectivity index (χ4v) is 2.01. The third-order valence-electron chi connectivity index (χ3n) is 2.48. The summed E-state index contributed by atoms with van der Waals surface area (Å²) in [5, 5.41) is 0. The average Bonchev–Trinajstić information content (AvgIpc) is 2.39. The zero-order chi connectivity index (χ0) is 7.35. The molecule has 0 aromatic carbocycles. The zero-order valence-corrected chi connectivity index (χ0v) is 6.39. The molecule has 2 heteroatoms. The number of fused-ring (bicyclic) bond motifs is 1. The molecule has 10 heavy (non-hydrogen) atoms. The minimum Gasteiger partial charge on any atom is -0.358 e. The largest absolute Gasteiger partial charge is 0.358 e. The maximum atomic E-state index is 11.1. The SMILES string of the molecule is C[C@H]1CC(=O)[C@@H]2O[C@]2(C)C1. The van der Waals surface area contributed by atoms with Crippen molar-refractivity contribution in [3.05, 3.63) is 0 Å². The molecule has 1 saturated carbocycles. The van der Waals surface area contributed by atoms with Crippen molar-refractivity contribution in [3.8, 4) is 0 Å². The van der Waals surface area contributed by atoms with Crippen molar-refractivity contribution in [2.24, 2.45) is 5.92 Å². The van der Waals surface area contributed by atoms with Crippen LogP contribution in [0.2, 0.25) is 0 Å². The minimum atomic E-state index is -0.0608. The molecule has 3 atom stereocenters. The highest BCUT2D eigenvalue weighted by molar-refractivity contribution is 5.88. The molecular weight excluding hydrogens is 128 g/mol. The van der Waals surface area contributed by atoms with Gasteiger partial charge in [-0.05, 0) is 19.3 Å². The summed E-state index contributed by atoms with van der Waals surface area (Å²) in [5.74, 6) is 0.831. The molecule has 1 saturated heterocycles. The summed E-state index contributed by atoms with van der Waals surface area (Å²) in [6, 6.07) is 0. The van der Waals surface area contributed by atoms with Gasteiger partial charge in [0.1, 0.15) is 6.10 Å². The van der Waals surface area contributed by atoms with Gasteiger partial charge in [-0.25, -0.2) is 0 Å². The lowest BCUT2D eigenvalue weighted by Crippen LogP contribution is -2.28. The lowest BCUT2D eigenvalue weighted by atomic mass is 9.83. The molecule has 0 aromatic heterocycles. The number of Topliss-reactive ketones (excluding diaryl/α,β-unsaturated/α-hetero) is 1. The van der Waals surface area contributed by atoms with Crippen LogP contribution < -0.4 is 0 Å². The van der Waals surface area contributed by atoms with Crippen molar-refractivity contribution in [2.75, 3.05) is 0 Å². The first kappa shape index (κ1) is 6.35. The Hall–Kier alpha value is -0.370. The minimum absolute atomic E-state index is 0.0382. The van der Waals surface area contributed by atoms with Gasteiger partial charge in [-0.1, -0.05) is 6.92 Å². The Morgan fingerprint density at radius 3 is 3.00 bits per heavy atom. The van der Waals surface area contributed by atoms with E-state index in [9.17, 15) is 4.79 Å². The maximum Gasteiger partial charge on any atom is 0.164 e. The van der Waals surface area contributed by atoms with Crippen LogP contribution in [0.15, 0.2) is 0 Å². The van der Waals surface area contributed by atoms with E-state index in [1.165, 1.54) is 0 Å². The molecule has 0 spiro atoms. The number of ether oxygens (including phenoxy) is 1. The first-order valence-electron chi connectivity index (χ1n) is 3.82. The quantitative estimate of drug-likeness (QED) is 0.472. The molecular formula is C8H12O2. The Labute approximate surface area is 60.6 Å². The Morgan fingerprint density at radius 2 is 2.40 bits per heavy atom. The molecule has 1 aliphatic carbocycles. The fourth-order valence-electron chi connectivity index (χ4n) is 2.01. The van der Waals surface area contributed by atoms with Crippen molar-refractivity contribution in [2.45, 2.75) is 38.4 Å². The molecule has 2 aliphatic rings. The third-order valence-corrected chi connectivity index (χ3v) is 2.48. The van der Waals surface area contributed by atoms with Crippen molar-refractivity contribution >= 4 is 5.78 Å². The van der Waals surface area contributed by atoms with Crippen LogP contribution in [0.5, 0.6) is 0 Å². The van der Waals surface area contributed by atoms with Gasteiger partial charge in [0.05, 0.1) is 5.60 Å². The number of hydrogen-bond donors (Lipinski definition) is 0. The predicted octanol–water partition coefficient (Wildman–Crippen LogP) is 1.14. The van der Waals surface area contributed by atoms with Gasteiger partial charge >= 0.3 is 0 Å². The smallest absolute Gasteiger partial charge is 0.164 e. The maximum absolute atomic E-state index is 11.1. The molecule has 0 aromatic rings. The summed E-state index contributed by atoms with van der Waals surface area (Å²) in [6.45, 7) is 4.15. The monoisotopic (exact) mass is 140 g/mol. The number of rotatable bonds is 0. The van der Waals surface area contributed by atoms with E-state index in [1.54, 1.807) is 0 Å². The van der Waals surface area contributed by atoms with Gasteiger partial charge in [-0.15, -0.1) is 0 Å². The van der Waals surface area contributed by atoms with E-state index in [-0.39, 0.29) is 11.7 Å². The molecule has 56 valence electrons. The van der Waals surface area contributed by atoms with Crippen LogP contribution in [0, 0.1) is 5.92 Å². The van der Waals surface area contributed by atoms with E-state index >= 15 is 0 Å². The molecule has 0 bridgehead atoms. The zero-order valence-electron chi connectivity index (χ0n) is 6.39. The van der Waals surface area contributed by atoms with E-state index in [2.05, 4.69) is 6.92 Å². The average molecular weight is 140 g/mol. The van der Waals surface area contributed by atoms with Gasteiger partial charge in [0, 0.05) is 6.42 Å². The number of epoxide rings is 1. The van der Waals surface area contributed by atoms with Gasteiger partial charge < -0.3 is 4.74 Å². The second-order valence-electron chi connectivity index (χ2n) is 3.79. The van der Waals surface area contributed by atoms with Crippen LogP contribution in [0.4, 0.5) is 0 Å². The van der Waals surface area contributed by atoms with Crippen molar-refractivity contribution in [1.29, 1.82) is 0 Å². The summed E-state index contributed by atoms with van der Waals surface area (Å²) in [6.07, 6.45) is 1.74. The van der Waals surface area contributed by atoms with Crippen LogP contribution in [0.25, 0.3) is 0 Å². The third kappa shape index (κ3) is 0.717. The lowest BCUT2D eigenvalue weighted by molar-refractivity contribution is -0.121. The second-order valence-corrected chi connectivity index (χ2v) is 3.79. The van der Waals surface area contributed by atoms with Crippen LogP contribution >= 0.6 is 0 Å². The highest BCUT2D eigenvalue weighted by atomic mass is 16.6. The van der Waals surface area contributed by atoms with Gasteiger partial charge in [-0.2, -0.15) is 0 Å². The van der Waals surface area contributed by atoms with Crippen LogP contribution in [0.1, 0.15) is 26.7 Å². The van der Waals surface area contributed by atoms with Gasteiger partial charge in [-0.3, -0.25) is 4.79 Å². The highest BCUT2D eigenvalue weighted by Gasteiger charge is 2.59. The second kappa shape index (κ2) is 1.62. The predicted molar refractivity (Wildman–Crippen MR) is 36.7 cm³/mol. The first-order chi connectivity index (χ1) is 4.62. The summed E-state index contributed by atoms with van der Waals surface area (Å²) in [5.41, 5.74) is -0.0608. The summed E-state index contributed by atoms with van der Waals surface area (Å²) >= 11 is 0. The van der Waals surface area contributed by atoms with E-state index in [1.807, 2.05) is 6.92 Å². The van der Waals surface area contributed by atoms with Gasteiger partial charge in [0.15, 0.2) is 5.78 Å². The Kier molecular flexibility index (Phi) is 1.03. The van der Waals surface area contributed by atoms with Crippen LogP contribution in [-0.4, -0.2) is 17.5 Å². The lowest BCUT2D eigenvalue weighted by Gasteiger charge is -2.17. The first-order valence-corrected chi connectivity index (χ1v) is 3.82. The number of carbonyl (C=O) groups is 1. The van der Waals surface area contributed by atoms with Crippen molar-refractivity contribution in [1.82, 2.24) is 0 Å².